The Hall–Kier alpha value is -1.94. The van der Waals surface area contributed by atoms with Crippen LogP contribution in [-0.2, 0) is 6.54 Å². The van der Waals surface area contributed by atoms with E-state index >= 15 is 0 Å². The second kappa shape index (κ2) is 4.93. The third-order valence-corrected chi connectivity index (χ3v) is 2.64. The van der Waals surface area contributed by atoms with Crippen LogP contribution in [-0.4, -0.2) is 10.2 Å². The molecule has 3 N–H and O–H groups in total. The van der Waals surface area contributed by atoms with Crippen LogP contribution in [0.5, 0.6) is 11.5 Å². The summed E-state index contributed by atoms with van der Waals surface area (Å²) >= 11 is 0. The number of furan rings is 1. The molecule has 1 aromatic carbocycles. The zero-order valence-corrected chi connectivity index (χ0v) is 9.55. The standard InChI is InChI=1S/C13H15NO3/c1-9(13-3-2-6-17-13)14-8-10-4-5-11(15)7-12(10)16/h2-7,9,14-16H,8H2,1H3/t9-/m0/s1. The lowest BCUT2D eigenvalue weighted by Crippen LogP contribution is -2.17. The molecule has 0 aliphatic rings. The summed E-state index contributed by atoms with van der Waals surface area (Å²) in [6.45, 7) is 2.49. The molecule has 2 rings (SSSR count). The molecule has 90 valence electrons. The van der Waals surface area contributed by atoms with Gasteiger partial charge in [-0.05, 0) is 25.1 Å². The number of phenols is 2. The number of nitrogens with one attached hydrogen (secondary N) is 1. The summed E-state index contributed by atoms with van der Waals surface area (Å²) in [5, 5.41) is 22.0. The molecule has 0 radical (unpaired) electrons. The molecule has 0 aliphatic heterocycles. The lowest BCUT2D eigenvalue weighted by molar-refractivity contribution is 0.418. The van der Waals surface area contributed by atoms with Gasteiger partial charge in [-0.25, -0.2) is 0 Å². The first-order chi connectivity index (χ1) is 8.16. The van der Waals surface area contributed by atoms with Crippen LogP contribution in [0, 0.1) is 0 Å². The quantitative estimate of drug-likeness (QED) is 0.759. The van der Waals surface area contributed by atoms with Gasteiger partial charge in [-0.3, -0.25) is 0 Å². The lowest BCUT2D eigenvalue weighted by atomic mass is 10.1. The third kappa shape index (κ3) is 2.79. The van der Waals surface area contributed by atoms with Crippen LogP contribution < -0.4 is 5.32 Å². The highest BCUT2D eigenvalue weighted by molar-refractivity contribution is 5.38. The second-order valence-electron chi connectivity index (χ2n) is 3.93. The fourth-order valence-electron chi connectivity index (χ4n) is 1.60. The van der Waals surface area contributed by atoms with Crippen molar-refractivity contribution >= 4 is 0 Å². The monoisotopic (exact) mass is 233 g/mol. The molecular formula is C13H15NO3. The van der Waals surface area contributed by atoms with Gasteiger partial charge in [-0.1, -0.05) is 6.07 Å². The maximum Gasteiger partial charge on any atom is 0.123 e. The average Bonchev–Trinajstić information content (AvgIpc) is 2.81. The van der Waals surface area contributed by atoms with Crippen LogP contribution in [0.2, 0.25) is 0 Å². The summed E-state index contributed by atoms with van der Waals surface area (Å²) < 4.78 is 5.27. The van der Waals surface area contributed by atoms with E-state index in [0.29, 0.717) is 6.54 Å². The van der Waals surface area contributed by atoms with E-state index in [4.69, 9.17) is 9.52 Å². The zero-order chi connectivity index (χ0) is 12.3. The van der Waals surface area contributed by atoms with E-state index in [1.54, 1.807) is 18.4 Å². The van der Waals surface area contributed by atoms with Gasteiger partial charge in [0.1, 0.15) is 17.3 Å². The van der Waals surface area contributed by atoms with Crippen LogP contribution in [0.3, 0.4) is 0 Å². The van der Waals surface area contributed by atoms with Gasteiger partial charge in [0, 0.05) is 18.2 Å². The van der Waals surface area contributed by atoms with Gasteiger partial charge in [0.05, 0.1) is 12.3 Å². The number of rotatable bonds is 4. The highest BCUT2D eigenvalue weighted by Gasteiger charge is 2.09. The Kier molecular flexibility index (Phi) is 3.35. The maximum atomic E-state index is 9.61. The molecule has 0 amide bonds. The molecule has 0 bridgehead atoms. The van der Waals surface area contributed by atoms with Gasteiger partial charge in [0.2, 0.25) is 0 Å². The van der Waals surface area contributed by atoms with Crippen molar-refractivity contribution in [1.29, 1.82) is 0 Å². The Morgan fingerprint density at radius 1 is 1.29 bits per heavy atom. The van der Waals surface area contributed by atoms with E-state index in [1.165, 1.54) is 6.07 Å². The zero-order valence-electron chi connectivity index (χ0n) is 9.55. The fourth-order valence-corrected chi connectivity index (χ4v) is 1.60. The van der Waals surface area contributed by atoms with E-state index < -0.39 is 0 Å². The predicted molar refractivity (Wildman–Crippen MR) is 63.7 cm³/mol. The smallest absolute Gasteiger partial charge is 0.123 e. The van der Waals surface area contributed by atoms with Crippen molar-refractivity contribution in [2.45, 2.75) is 19.5 Å². The second-order valence-corrected chi connectivity index (χ2v) is 3.93. The number of benzene rings is 1. The molecule has 2 aromatic rings. The highest BCUT2D eigenvalue weighted by Crippen LogP contribution is 2.23. The van der Waals surface area contributed by atoms with Gasteiger partial charge in [0.15, 0.2) is 0 Å². The first kappa shape index (κ1) is 11.5. The Morgan fingerprint density at radius 2 is 2.12 bits per heavy atom. The van der Waals surface area contributed by atoms with Crippen molar-refractivity contribution < 1.29 is 14.6 Å². The van der Waals surface area contributed by atoms with E-state index in [2.05, 4.69) is 5.32 Å². The van der Waals surface area contributed by atoms with Crippen LogP contribution in [0.4, 0.5) is 0 Å². The van der Waals surface area contributed by atoms with Crippen LogP contribution >= 0.6 is 0 Å². The molecule has 0 saturated carbocycles. The summed E-state index contributed by atoms with van der Waals surface area (Å²) in [5.41, 5.74) is 0.737. The molecule has 1 aromatic heterocycles. The lowest BCUT2D eigenvalue weighted by Gasteiger charge is -2.12. The SMILES string of the molecule is C[C@H](NCc1ccc(O)cc1O)c1ccco1. The van der Waals surface area contributed by atoms with Crippen molar-refractivity contribution in [2.24, 2.45) is 0 Å². The molecule has 1 atom stereocenters. The Morgan fingerprint density at radius 3 is 2.76 bits per heavy atom. The molecule has 4 heteroatoms. The highest BCUT2D eigenvalue weighted by atomic mass is 16.3. The van der Waals surface area contributed by atoms with Gasteiger partial charge in [0.25, 0.3) is 0 Å². The minimum Gasteiger partial charge on any atom is -0.508 e. The summed E-state index contributed by atoms with van der Waals surface area (Å²) in [6, 6.07) is 8.37. The van der Waals surface area contributed by atoms with Crippen molar-refractivity contribution in [2.75, 3.05) is 0 Å². The van der Waals surface area contributed by atoms with Crippen LogP contribution in [0.25, 0.3) is 0 Å². The van der Waals surface area contributed by atoms with Gasteiger partial charge in [-0.2, -0.15) is 0 Å². The largest absolute Gasteiger partial charge is 0.508 e. The van der Waals surface area contributed by atoms with E-state index in [-0.39, 0.29) is 17.5 Å². The van der Waals surface area contributed by atoms with E-state index in [0.717, 1.165) is 11.3 Å². The van der Waals surface area contributed by atoms with Crippen LogP contribution in [0.15, 0.2) is 41.0 Å². The number of phenolic OH excluding ortho intramolecular Hbond substituents is 2. The summed E-state index contributed by atoms with van der Waals surface area (Å²) in [7, 11) is 0. The molecular weight excluding hydrogens is 218 g/mol. The summed E-state index contributed by atoms with van der Waals surface area (Å²) in [4.78, 5) is 0. The summed E-state index contributed by atoms with van der Waals surface area (Å²) in [5.74, 6) is 0.998. The first-order valence-electron chi connectivity index (χ1n) is 5.44. The van der Waals surface area contributed by atoms with Crippen molar-refractivity contribution in [3.8, 4) is 11.5 Å². The van der Waals surface area contributed by atoms with E-state index in [1.807, 2.05) is 19.1 Å². The van der Waals surface area contributed by atoms with Crippen molar-refractivity contribution in [3.05, 3.63) is 47.9 Å². The fraction of sp³-hybridized carbons (Fsp3) is 0.231. The normalized spacial score (nSPS) is 12.5. The Labute approximate surface area is 99.5 Å². The molecule has 17 heavy (non-hydrogen) atoms. The molecule has 0 fully saturated rings. The molecule has 0 unspecified atom stereocenters. The Balaban J connectivity index is 1.98. The van der Waals surface area contributed by atoms with Gasteiger partial charge >= 0.3 is 0 Å². The predicted octanol–water partition coefficient (Wildman–Crippen LogP) is 2.54. The molecule has 0 aliphatic carbocycles. The molecule has 0 saturated heterocycles. The molecule has 0 spiro atoms. The third-order valence-electron chi connectivity index (χ3n) is 2.64. The number of hydrogen-bond donors (Lipinski definition) is 3. The maximum absolute atomic E-state index is 9.61. The van der Waals surface area contributed by atoms with Crippen LogP contribution in [0.1, 0.15) is 24.3 Å². The Bertz CT molecular complexity index is 479. The first-order valence-corrected chi connectivity index (χ1v) is 5.44. The van der Waals surface area contributed by atoms with Crippen molar-refractivity contribution in [3.63, 3.8) is 0 Å². The van der Waals surface area contributed by atoms with Crippen molar-refractivity contribution in [1.82, 2.24) is 5.32 Å². The molecule has 1 heterocycles. The van der Waals surface area contributed by atoms with E-state index in [9.17, 15) is 5.11 Å². The minimum absolute atomic E-state index is 0.0605. The summed E-state index contributed by atoms with van der Waals surface area (Å²) in [6.07, 6.45) is 1.63. The topological polar surface area (TPSA) is 65.6 Å². The minimum atomic E-state index is 0.0605. The number of hydrogen-bond acceptors (Lipinski definition) is 4. The number of aromatic hydroxyl groups is 2. The van der Waals surface area contributed by atoms with Gasteiger partial charge in [-0.15, -0.1) is 0 Å². The van der Waals surface area contributed by atoms with Gasteiger partial charge < -0.3 is 19.9 Å². The average molecular weight is 233 g/mol. The molecule has 4 nitrogen and oxygen atoms in total.